The minimum absolute atomic E-state index is 0.0110. The number of hydrogen-bond acceptors (Lipinski definition) is 5. The van der Waals surface area contributed by atoms with Crippen LogP contribution in [0.15, 0.2) is 12.2 Å². The zero-order chi connectivity index (χ0) is 16.9. The molecule has 0 aromatic rings. The van der Waals surface area contributed by atoms with Gasteiger partial charge < -0.3 is 9.47 Å². The molecular weight excluding hydrogens is 282 g/mol. The number of ether oxygens (including phenoxy) is 2. The number of esters is 2. The molecule has 1 saturated heterocycles. The summed E-state index contributed by atoms with van der Waals surface area (Å²) >= 11 is 0. The van der Waals surface area contributed by atoms with Crippen molar-refractivity contribution in [2.24, 2.45) is 17.3 Å². The summed E-state index contributed by atoms with van der Waals surface area (Å²) in [4.78, 5) is 24.0. The highest BCUT2D eigenvalue weighted by Crippen LogP contribution is 2.39. The van der Waals surface area contributed by atoms with Crippen LogP contribution < -0.4 is 0 Å². The largest absolute Gasteiger partial charge is 0.461 e. The maximum absolute atomic E-state index is 12.3. The lowest BCUT2D eigenvalue weighted by Crippen LogP contribution is -2.33. The molecule has 4 unspecified atom stereocenters. The maximum atomic E-state index is 12.3. The van der Waals surface area contributed by atoms with Gasteiger partial charge in [-0.15, -0.1) is 0 Å². The van der Waals surface area contributed by atoms with Gasteiger partial charge in [-0.05, 0) is 31.6 Å². The highest BCUT2D eigenvalue weighted by molar-refractivity contribution is 5.87. The van der Waals surface area contributed by atoms with Crippen LogP contribution in [0.4, 0.5) is 0 Å². The summed E-state index contributed by atoms with van der Waals surface area (Å²) < 4.78 is 10.6. The lowest BCUT2D eigenvalue weighted by atomic mass is 9.74. The Morgan fingerprint density at radius 1 is 1.64 bits per heavy atom. The second-order valence-electron chi connectivity index (χ2n) is 6.42. The first-order valence-electron chi connectivity index (χ1n) is 7.70. The van der Waals surface area contributed by atoms with E-state index in [2.05, 4.69) is 12.6 Å². The zero-order valence-corrected chi connectivity index (χ0v) is 13.8. The van der Waals surface area contributed by atoms with Crippen molar-refractivity contribution in [1.29, 1.82) is 5.26 Å². The number of carbonyl (C=O) groups is 2. The van der Waals surface area contributed by atoms with Crippen LogP contribution in [0, 0.1) is 28.6 Å². The van der Waals surface area contributed by atoms with Crippen LogP contribution in [-0.4, -0.2) is 24.6 Å². The van der Waals surface area contributed by atoms with Crippen LogP contribution in [0.2, 0.25) is 0 Å². The number of carbonyl (C=O) groups excluding carboxylic acids is 2. The fourth-order valence-electron chi connectivity index (χ4n) is 2.66. The van der Waals surface area contributed by atoms with Gasteiger partial charge in [0.1, 0.15) is 12.7 Å². The molecule has 1 fully saturated rings. The monoisotopic (exact) mass is 307 g/mol. The molecule has 4 atom stereocenters. The van der Waals surface area contributed by atoms with E-state index in [1.54, 1.807) is 6.92 Å². The van der Waals surface area contributed by atoms with Gasteiger partial charge in [0, 0.05) is 5.57 Å². The fraction of sp³-hybridized carbons (Fsp3) is 0.706. The smallest absolute Gasteiger partial charge is 0.333 e. The van der Waals surface area contributed by atoms with Crippen molar-refractivity contribution in [2.75, 3.05) is 6.61 Å². The van der Waals surface area contributed by atoms with Crippen molar-refractivity contribution < 1.29 is 19.1 Å². The Labute approximate surface area is 132 Å². The van der Waals surface area contributed by atoms with Gasteiger partial charge in [0.05, 0.1) is 6.07 Å². The molecule has 0 saturated carbocycles. The van der Waals surface area contributed by atoms with Gasteiger partial charge in [-0.25, -0.2) is 4.79 Å². The van der Waals surface area contributed by atoms with Gasteiger partial charge in [-0.1, -0.05) is 33.8 Å². The van der Waals surface area contributed by atoms with Gasteiger partial charge in [0.2, 0.25) is 0 Å². The van der Waals surface area contributed by atoms with E-state index in [0.29, 0.717) is 18.4 Å². The normalized spacial score (nSPS) is 29.7. The standard InChI is InChI=1S/C17H25NO4/c1-6-12(4)7-17(10-18)8-13(5)14(9-21-16(17)20)22-15(19)11(2)3/h12-14H,2,6-9H2,1,3-5H3. The number of nitrogens with zero attached hydrogens (tertiary/aromatic N) is 1. The van der Waals surface area contributed by atoms with Crippen LogP contribution in [0.1, 0.15) is 47.0 Å². The second-order valence-corrected chi connectivity index (χ2v) is 6.42. The molecule has 0 bridgehead atoms. The van der Waals surface area contributed by atoms with E-state index >= 15 is 0 Å². The van der Waals surface area contributed by atoms with E-state index in [1.807, 2.05) is 20.8 Å². The minimum Gasteiger partial charge on any atom is -0.461 e. The molecule has 0 N–H and O–H groups in total. The van der Waals surface area contributed by atoms with Crippen LogP contribution >= 0.6 is 0 Å². The molecule has 22 heavy (non-hydrogen) atoms. The average Bonchev–Trinajstić information content (AvgIpc) is 2.59. The molecule has 1 aliphatic heterocycles. The molecule has 0 aliphatic carbocycles. The Balaban J connectivity index is 2.94. The lowest BCUT2D eigenvalue weighted by molar-refractivity contribution is -0.159. The third-order valence-electron chi connectivity index (χ3n) is 4.29. The predicted octanol–water partition coefficient (Wildman–Crippen LogP) is 3.00. The molecule has 0 spiro atoms. The predicted molar refractivity (Wildman–Crippen MR) is 81.6 cm³/mol. The maximum Gasteiger partial charge on any atom is 0.333 e. The zero-order valence-electron chi connectivity index (χ0n) is 13.8. The van der Waals surface area contributed by atoms with Crippen LogP contribution in [0.25, 0.3) is 0 Å². The van der Waals surface area contributed by atoms with Crippen molar-refractivity contribution in [1.82, 2.24) is 0 Å². The van der Waals surface area contributed by atoms with E-state index in [4.69, 9.17) is 9.47 Å². The highest BCUT2D eigenvalue weighted by atomic mass is 16.6. The lowest BCUT2D eigenvalue weighted by Gasteiger charge is -2.27. The van der Waals surface area contributed by atoms with E-state index in [9.17, 15) is 14.9 Å². The van der Waals surface area contributed by atoms with Gasteiger partial charge in [-0.3, -0.25) is 4.79 Å². The van der Waals surface area contributed by atoms with Crippen molar-refractivity contribution in [3.63, 3.8) is 0 Å². The summed E-state index contributed by atoms with van der Waals surface area (Å²) in [5, 5.41) is 9.58. The number of rotatable bonds is 5. The molecule has 1 rings (SSSR count). The van der Waals surface area contributed by atoms with Gasteiger partial charge >= 0.3 is 11.9 Å². The van der Waals surface area contributed by atoms with Gasteiger partial charge in [0.25, 0.3) is 0 Å². The minimum atomic E-state index is -1.15. The SMILES string of the molecule is C=C(C)C(=O)OC1COC(=O)C(C#N)(CC(C)CC)CC1C. The van der Waals surface area contributed by atoms with Crippen LogP contribution in [0.3, 0.4) is 0 Å². The van der Waals surface area contributed by atoms with Gasteiger partial charge in [-0.2, -0.15) is 5.26 Å². The summed E-state index contributed by atoms with van der Waals surface area (Å²) in [6.07, 6.45) is 1.14. The first-order chi connectivity index (χ1) is 10.3. The third-order valence-corrected chi connectivity index (χ3v) is 4.29. The Morgan fingerprint density at radius 3 is 2.77 bits per heavy atom. The Kier molecular flexibility index (Phi) is 6.16. The molecule has 5 nitrogen and oxygen atoms in total. The number of nitriles is 1. The topological polar surface area (TPSA) is 76.4 Å². The molecule has 0 aromatic carbocycles. The molecule has 0 amide bonds. The van der Waals surface area contributed by atoms with E-state index in [0.717, 1.165) is 6.42 Å². The Morgan fingerprint density at radius 2 is 2.27 bits per heavy atom. The average molecular weight is 307 g/mol. The molecule has 0 aromatic heterocycles. The Bertz CT molecular complexity index is 493. The van der Waals surface area contributed by atoms with Crippen molar-refractivity contribution in [3.8, 4) is 6.07 Å². The summed E-state index contributed by atoms with van der Waals surface area (Å²) in [5.74, 6) is -0.900. The van der Waals surface area contributed by atoms with Gasteiger partial charge in [0.15, 0.2) is 5.41 Å². The summed E-state index contributed by atoms with van der Waals surface area (Å²) in [6.45, 7) is 11.0. The van der Waals surface area contributed by atoms with Crippen LogP contribution in [-0.2, 0) is 19.1 Å². The first-order valence-corrected chi connectivity index (χ1v) is 7.70. The van der Waals surface area contributed by atoms with Crippen molar-refractivity contribution >= 4 is 11.9 Å². The quantitative estimate of drug-likeness (QED) is 0.576. The summed E-state index contributed by atoms with van der Waals surface area (Å²) in [5.41, 5.74) is -0.854. The molecule has 122 valence electrons. The molecule has 1 aliphatic rings. The van der Waals surface area contributed by atoms with Crippen molar-refractivity contribution in [3.05, 3.63) is 12.2 Å². The summed E-state index contributed by atoms with van der Waals surface area (Å²) in [7, 11) is 0. The molecule has 5 heteroatoms. The molecule has 0 radical (unpaired) electrons. The third kappa shape index (κ3) is 4.09. The fourth-order valence-corrected chi connectivity index (χ4v) is 2.66. The van der Waals surface area contributed by atoms with E-state index in [-0.39, 0.29) is 18.4 Å². The Hall–Kier alpha value is -1.83. The van der Waals surface area contributed by atoms with E-state index in [1.165, 1.54) is 0 Å². The first kappa shape index (κ1) is 18.2. The van der Waals surface area contributed by atoms with E-state index < -0.39 is 23.5 Å². The number of hydrogen-bond donors (Lipinski definition) is 0. The molecular formula is C17H25NO4. The highest BCUT2D eigenvalue weighted by Gasteiger charge is 2.47. The number of cyclic esters (lactones) is 1. The summed E-state index contributed by atoms with van der Waals surface area (Å²) in [6, 6.07) is 2.17. The second kappa shape index (κ2) is 7.44. The van der Waals surface area contributed by atoms with Crippen LogP contribution in [0.5, 0.6) is 0 Å². The van der Waals surface area contributed by atoms with Crippen molar-refractivity contribution in [2.45, 2.75) is 53.1 Å². The molecule has 1 heterocycles.